The first kappa shape index (κ1) is 19.8. The molecule has 0 radical (unpaired) electrons. The zero-order valence-corrected chi connectivity index (χ0v) is 14.7. The van der Waals surface area contributed by atoms with Crippen molar-refractivity contribution < 1.29 is 15.0 Å². The van der Waals surface area contributed by atoms with Gasteiger partial charge in [0.1, 0.15) is 0 Å². The van der Waals surface area contributed by atoms with Gasteiger partial charge in [-0.15, -0.1) is 0 Å². The fourth-order valence-corrected chi connectivity index (χ4v) is 3.70. The second kappa shape index (κ2) is 12.2. The number of rotatable bonds is 12. The van der Waals surface area contributed by atoms with Crippen LogP contribution >= 0.6 is 0 Å². The average Bonchev–Trinajstić information content (AvgIpc) is 2.97. The van der Waals surface area contributed by atoms with Gasteiger partial charge in [0, 0.05) is 0 Å². The highest BCUT2D eigenvalue weighted by Gasteiger charge is 2.25. The smallest absolute Gasteiger partial charge is 0.370 e. The molecule has 1 fully saturated rings. The van der Waals surface area contributed by atoms with Crippen molar-refractivity contribution in [3.05, 3.63) is 24.0 Å². The number of aliphatic hydroxyl groups excluding tert-OH is 1. The van der Waals surface area contributed by atoms with Gasteiger partial charge in [-0.1, -0.05) is 83.3 Å². The van der Waals surface area contributed by atoms with Crippen LogP contribution in [0.4, 0.5) is 0 Å². The summed E-state index contributed by atoms with van der Waals surface area (Å²) in [7, 11) is 0. The van der Waals surface area contributed by atoms with Crippen LogP contribution in [0, 0.1) is 11.8 Å². The summed E-state index contributed by atoms with van der Waals surface area (Å²) in [6.45, 7) is 2.26. The summed E-state index contributed by atoms with van der Waals surface area (Å²) in [5.74, 6) is -0.127. The van der Waals surface area contributed by atoms with Crippen LogP contribution in [0.5, 0.6) is 0 Å². The number of aliphatic carboxylic acids is 1. The zero-order chi connectivity index (χ0) is 16.9. The van der Waals surface area contributed by atoms with Crippen molar-refractivity contribution in [1.29, 1.82) is 0 Å². The Morgan fingerprint density at radius 3 is 2.35 bits per heavy atom. The van der Waals surface area contributed by atoms with Crippen molar-refractivity contribution in [3.63, 3.8) is 0 Å². The van der Waals surface area contributed by atoms with Crippen molar-refractivity contribution >= 4 is 5.97 Å². The number of allylic oxidation sites excluding steroid dienone is 3. The van der Waals surface area contributed by atoms with Crippen molar-refractivity contribution in [1.82, 2.24) is 0 Å². The number of hydrogen-bond donors (Lipinski definition) is 2. The van der Waals surface area contributed by atoms with E-state index in [-0.39, 0.29) is 0 Å². The number of hydrogen-bond acceptors (Lipinski definition) is 2. The van der Waals surface area contributed by atoms with E-state index in [1.54, 1.807) is 6.08 Å². The molecule has 132 valence electrons. The minimum atomic E-state index is -1.27. The van der Waals surface area contributed by atoms with E-state index in [9.17, 15) is 4.79 Å². The number of aliphatic hydroxyl groups is 1. The Labute approximate surface area is 141 Å². The van der Waals surface area contributed by atoms with E-state index in [1.165, 1.54) is 76.7 Å². The lowest BCUT2D eigenvalue weighted by Gasteiger charge is -2.18. The normalized spacial score (nSPS) is 22.0. The maximum absolute atomic E-state index is 10.4. The molecule has 0 bridgehead atoms. The predicted molar refractivity (Wildman–Crippen MR) is 95.5 cm³/mol. The predicted octanol–water partition coefficient (Wildman–Crippen LogP) is 6.02. The molecule has 23 heavy (non-hydrogen) atoms. The van der Waals surface area contributed by atoms with Gasteiger partial charge in [0.25, 0.3) is 0 Å². The van der Waals surface area contributed by atoms with Crippen molar-refractivity contribution in [2.24, 2.45) is 11.8 Å². The van der Waals surface area contributed by atoms with Gasteiger partial charge < -0.3 is 10.2 Å². The molecule has 1 rings (SSSR count). The third kappa shape index (κ3) is 8.83. The third-order valence-electron chi connectivity index (χ3n) is 5.06. The topological polar surface area (TPSA) is 57.5 Å². The van der Waals surface area contributed by atoms with Crippen LogP contribution in [-0.4, -0.2) is 16.2 Å². The van der Waals surface area contributed by atoms with E-state index in [0.717, 1.165) is 18.3 Å². The van der Waals surface area contributed by atoms with E-state index in [1.807, 2.05) is 6.08 Å². The standard InChI is InChI=1S/C20H34O3/c1-2-3-4-5-6-8-12-17-14-11-15-18(17)13-9-7-10-16-19(21)20(22)23/h7,10,16-18,21H,2-6,8-9,11-15H2,1H3,(H,22,23)/t17-,18-/m0/s1. The van der Waals surface area contributed by atoms with Gasteiger partial charge in [0.05, 0.1) is 0 Å². The molecule has 0 aromatic heterocycles. The monoisotopic (exact) mass is 322 g/mol. The van der Waals surface area contributed by atoms with E-state index < -0.39 is 11.7 Å². The Bertz CT molecular complexity index is 384. The van der Waals surface area contributed by atoms with Crippen LogP contribution in [-0.2, 0) is 4.79 Å². The third-order valence-corrected chi connectivity index (χ3v) is 5.06. The molecule has 0 aromatic rings. The van der Waals surface area contributed by atoms with Gasteiger partial charge in [-0.2, -0.15) is 0 Å². The van der Waals surface area contributed by atoms with Crippen LogP contribution in [0.3, 0.4) is 0 Å². The van der Waals surface area contributed by atoms with Crippen LogP contribution < -0.4 is 0 Å². The van der Waals surface area contributed by atoms with Crippen molar-refractivity contribution in [2.75, 3.05) is 0 Å². The molecule has 1 aliphatic carbocycles. The van der Waals surface area contributed by atoms with Crippen molar-refractivity contribution in [3.8, 4) is 0 Å². The zero-order valence-electron chi connectivity index (χ0n) is 14.7. The molecule has 2 N–H and O–H groups in total. The molecule has 0 unspecified atom stereocenters. The lowest BCUT2D eigenvalue weighted by Crippen LogP contribution is -2.07. The molecule has 1 saturated carbocycles. The lowest BCUT2D eigenvalue weighted by atomic mass is 9.87. The number of carboxylic acid groups (broad SMARTS) is 1. The maximum atomic E-state index is 10.4. The van der Waals surface area contributed by atoms with Gasteiger partial charge in [-0.25, -0.2) is 4.79 Å². The fraction of sp³-hybridized carbons (Fsp3) is 0.750. The maximum Gasteiger partial charge on any atom is 0.370 e. The number of carboxylic acids is 1. The first-order valence-corrected chi connectivity index (χ1v) is 9.44. The SMILES string of the molecule is CCCCCCCC[C@H]1CCC[C@@H]1CCC=CC=C(O)C(=O)O. The van der Waals surface area contributed by atoms with Crippen LogP contribution in [0.1, 0.15) is 84.0 Å². The second-order valence-corrected chi connectivity index (χ2v) is 6.87. The summed E-state index contributed by atoms with van der Waals surface area (Å²) in [6.07, 6.45) is 20.8. The summed E-state index contributed by atoms with van der Waals surface area (Å²) < 4.78 is 0. The van der Waals surface area contributed by atoms with Gasteiger partial charge in [-0.3, -0.25) is 0 Å². The molecular formula is C20H34O3. The summed E-state index contributed by atoms with van der Waals surface area (Å²) in [5.41, 5.74) is 0. The molecule has 0 aliphatic heterocycles. The van der Waals surface area contributed by atoms with Gasteiger partial charge in [-0.05, 0) is 30.8 Å². The molecule has 0 heterocycles. The molecule has 0 spiro atoms. The Balaban J connectivity index is 2.16. The van der Waals surface area contributed by atoms with Crippen LogP contribution in [0.15, 0.2) is 24.0 Å². The van der Waals surface area contributed by atoms with Crippen molar-refractivity contribution in [2.45, 2.75) is 84.0 Å². The fourth-order valence-electron chi connectivity index (χ4n) is 3.70. The molecule has 0 amide bonds. The summed E-state index contributed by atoms with van der Waals surface area (Å²) in [5, 5.41) is 17.6. The summed E-state index contributed by atoms with van der Waals surface area (Å²) >= 11 is 0. The largest absolute Gasteiger partial charge is 0.502 e. The molecule has 3 nitrogen and oxygen atoms in total. The quantitative estimate of drug-likeness (QED) is 0.200. The second-order valence-electron chi connectivity index (χ2n) is 6.87. The highest BCUT2D eigenvalue weighted by Crippen LogP contribution is 2.38. The summed E-state index contributed by atoms with van der Waals surface area (Å²) in [6, 6.07) is 0. The number of unbranched alkanes of at least 4 members (excludes halogenated alkanes) is 5. The van der Waals surface area contributed by atoms with Gasteiger partial charge in [0.15, 0.2) is 0 Å². The van der Waals surface area contributed by atoms with Gasteiger partial charge in [0.2, 0.25) is 5.76 Å². The Hall–Kier alpha value is -1.25. The van der Waals surface area contributed by atoms with Crippen LogP contribution in [0.25, 0.3) is 0 Å². The van der Waals surface area contributed by atoms with E-state index in [4.69, 9.17) is 10.2 Å². The molecule has 1 aliphatic rings. The molecular weight excluding hydrogens is 288 g/mol. The minimum Gasteiger partial charge on any atom is -0.502 e. The molecule has 0 aromatic carbocycles. The minimum absolute atomic E-state index is 0.594. The lowest BCUT2D eigenvalue weighted by molar-refractivity contribution is -0.135. The molecule has 3 heteroatoms. The first-order valence-electron chi connectivity index (χ1n) is 9.44. The number of carbonyl (C=O) groups is 1. The average molecular weight is 322 g/mol. The van der Waals surface area contributed by atoms with E-state index in [2.05, 4.69) is 6.92 Å². The highest BCUT2D eigenvalue weighted by atomic mass is 16.4. The Kier molecular flexibility index (Phi) is 10.5. The summed E-state index contributed by atoms with van der Waals surface area (Å²) in [4.78, 5) is 10.4. The highest BCUT2D eigenvalue weighted by molar-refractivity contribution is 5.83. The molecule has 0 saturated heterocycles. The van der Waals surface area contributed by atoms with E-state index in [0.29, 0.717) is 0 Å². The Morgan fingerprint density at radius 1 is 1.00 bits per heavy atom. The van der Waals surface area contributed by atoms with Crippen LogP contribution in [0.2, 0.25) is 0 Å². The molecule has 2 atom stereocenters. The van der Waals surface area contributed by atoms with E-state index >= 15 is 0 Å². The van der Waals surface area contributed by atoms with Gasteiger partial charge >= 0.3 is 5.97 Å². The first-order chi connectivity index (χ1) is 11.1. The Morgan fingerprint density at radius 2 is 1.65 bits per heavy atom.